The number of carbonyl (C=O) groups is 2. The summed E-state index contributed by atoms with van der Waals surface area (Å²) in [6.07, 6.45) is 50.8. The van der Waals surface area contributed by atoms with E-state index in [4.69, 9.17) is 19.1 Å². The Balaban J connectivity index is 4.52. The summed E-state index contributed by atoms with van der Waals surface area (Å²) < 4.78 is 32.6. The van der Waals surface area contributed by atoms with Gasteiger partial charge < -0.3 is 29.7 Å². The molecule has 0 heterocycles. The Morgan fingerprint density at radius 1 is 0.567 bits per heavy atom. The maximum Gasteiger partial charge on any atom is 0.472 e. The second kappa shape index (κ2) is 42.0. The summed E-state index contributed by atoms with van der Waals surface area (Å²) in [5, 5.41) is 28.1. The van der Waals surface area contributed by atoms with Crippen molar-refractivity contribution in [2.45, 2.75) is 141 Å². The number of phosphoric acid groups is 1. The number of hydrogen-bond donors (Lipinski definition) is 4. The molecule has 0 bridgehead atoms. The number of unbranched alkanes of at least 4 members (excludes halogenated alkanes) is 4. The van der Waals surface area contributed by atoms with Gasteiger partial charge in [0.2, 0.25) is 0 Å². The molecule has 0 aromatic rings. The lowest BCUT2D eigenvalue weighted by molar-refractivity contribution is -0.161. The fourth-order valence-electron chi connectivity index (χ4n) is 4.90. The molecule has 0 rings (SSSR count). The average Bonchev–Trinajstić information content (AvgIpc) is 3.23. The number of carbonyl (C=O) groups excluding carboxylic acids is 2. The molecule has 0 aliphatic heterocycles. The molecule has 0 aliphatic rings. The quantitative estimate of drug-likeness (QED) is 0.0153. The molecule has 0 saturated heterocycles. The van der Waals surface area contributed by atoms with Crippen molar-refractivity contribution in [1.29, 1.82) is 0 Å². The van der Waals surface area contributed by atoms with Gasteiger partial charge in [0.05, 0.1) is 25.9 Å². The summed E-state index contributed by atoms with van der Waals surface area (Å²) in [6, 6.07) is 0. The second-order valence-electron chi connectivity index (χ2n) is 13.8. The second-order valence-corrected chi connectivity index (χ2v) is 15.3. The molecule has 12 heteroatoms. The zero-order valence-electron chi connectivity index (χ0n) is 36.2. The van der Waals surface area contributed by atoms with Crippen LogP contribution in [0.2, 0.25) is 0 Å². The zero-order valence-corrected chi connectivity index (χ0v) is 37.1. The van der Waals surface area contributed by atoms with Crippen molar-refractivity contribution in [1.82, 2.24) is 0 Å². The van der Waals surface area contributed by atoms with E-state index in [0.29, 0.717) is 25.7 Å². The van der Waals surface area contributed by atoms with E-state index in [1.54, 1.807) is 6.08 Å². The van der Waals surface area contributed by atoms with Gasteiger partial charge >= 0.3 is 19.8 Å². The molecule has 0 fully saturated rings. The van der Waals surface area contributed by atoms with Crippen molar-refractivity contribution >= 4 is 19.8 Å². The van der Waals surface area contributed by atoms with E-state index in [-0.39, 0.29) is 19.4 Å². The van der Waals surface area contributed by atoms with Crippen LogP contribution in [-0.2, 0) is 32.7 Å². The third-order valence-electron chi connectivity index (χ3n) is 8.19. The molecule has 60 heavy (non-hydrogen) atoms. The lowest BCUT2D eigenvalue weighted by atomic mass is 10.1. The van der Waals surface area contributed by atoms with Crippen molar-refractivity contribution in [3.05, 3.63) is 122 Å². The molecular weight excluding hydrogens is 783 g/mol. The van der Waals surface area contributed by atoms with Crippen LogP contribution in [0.1, 0.15) is 123 Å². The van der Waals surface area contributed by atoms with Crippen molar-refractivity contribution < 1.29 is 52.9 Å². The minimum atomic E-state index is -4.66. The number of ether oxygens (including phenoxy) is 2. The van der Waals surface area contributed by atoms with Crippen LogP contribution in [0.25, 0.3) is 0 Å². The largest absolute Gasteiger partial charge is 0.472 e. The fourth-order valence-corrected chi connectivity index (χ4v) is 5.69. The number of rotatable bonds is 38. The van der Waals surface area contributed by atoms with Crippen LogP contribution in [0, 0.1) is 0 Å². The molecule has 338 valence electrons. The van der Waals surface area contributed by atoms with E-state index in [1.807, 2.05) is 55.5 Å². The van der Waals surface area contributed by atoms with E-state index < -0.39 is 57.9 Å². The van der Waals surface area contributed by atoms with Crippen molar-refractivity contribution in [3.8, 4) is 0 Å². The predicted molar refractivity (Wildman–Crippen MR) is 243 cm³/mol. The fraction of sp³-hybridized carbons (Fsp3) is 0.542. The van der Waals surface area contributed by atoms with Crippen LogP contribution in [-0.4, -0.2) is 76.9 Å². The highest BCUT2D eigenvalue weighted by atomic mass is 31.2. The summed E-state index contributed by atoms with van der Waals surface area (Å²) in [4.78, 5) is 35.0. The van der Waals surface area contributed by atoms with Crippen LogP contribution >= 0.6 is 7.82 Å². The molecule has 0 spiro atoms. The third kappa shape index (κ3) is 41.1. The number of aliphatic hydroxyl groups excluding tert-OH is 3. The smallest absolute Gasteiger partial charge is 0.462 e. The highest BCUT2D eigenvalue weighted by Crippen LogP contribution is 2.43. The van der Waals surface area contributed by atoms with Gasteiger partial charge in [0, 0.05) is 12.8 Å². The minimum Gasteiger partial charge on any atom is -0.462 e. The molecule has 0 aliphatic carbocycles. The van der Waals surface area contributed by atoms with Gasteiger partial charge in [0.15, 0.2) is 6.10 Å². The zero-order chi connectivity index (χ0) is 44.2. The normalized spacial score (nSPS) is 15.5. The molecule has 0 radical (unpaired) electrons. The first kappa shape index (κ1) is 56.3. The lowest BCUT2D eigenvalue weighted by Crippen LogP contribution is -2.29. The highest BCUT2D eigenvalue weighted by Gasteiger charge is 2.27. The van der Waals surface area contributed by atoms with Crippen LogP contribution in [0.3, 0.4) is 0 Å². The molecule has 0 aromatic carbocycles. The lowest BCUT2D eigenvalue weighted by Gasteiger charge is -2.20. The van der Waals surface area contributed by atoms with Gasteiger partial charge in [-0.05, 0) is 89.9 Å². The molecule has 0 amide bonds. The van der Waals surface area contributed by atoms with Gasteiger partial charge in [0.1, 0.15) is 12.7 Å². The van der Waals surface area contributed by atoms with E-state index in [9.17, 15) is 29.3 Å². The first-order valence-electron chi connectivity index (χ1n) is 21.6. The van der Waals surface area contributed by atoms with Crippen molar-refractivity contribution in [2.75, 3.05) is 26.4 Å². The number of phosphoric ester groups is 1. The summed E-state index contributed by atoms with van der Waals surface area (Å²) in [5.74, 6) is -1.07. The van der Waals surface area contributed by atoms with Gasteiger partial charge in [-0.3, -0.25) is 18.6 Å². The molecule has 0 aromatic heterocycles. The van der Waals surface area contributed by atoms with E-state index in [2.05, 4.69) is 78.3 Å². The standard InChI is InChI=1S/C48H75O11P/c1-3-5-7-8-9-10-11-12-13-14-15-16-17-18-22-25-28-31-34-38-47(52)56-42-46(43-58-60(54,55)57-41-45(51)40-49)59-48(53)39-35-32-29-26-23-20-19-21-24-27-30-33-37-44(50)36-6-4-2/h5-7,9-10,12-13,15-16,18-20,22,24,26-27,29-30,33,36,44-46,49-51H,3-4,8,11,14,17,21,23,25,28,31-32,34-35,37-43H2,1-2H3,(H,54,55)/b7-5-,10-9-,13-12-,16-15-,20-19-,22-18-,27-24-,29-26-,33-30+,36-6-/t44?,45-,46+/m0/s1. The van der Waals surface area contributed by atoms with Crippen LogP contribution in [0.4, 0.5) is 0 Å². The first-order chi connectivity index (χ1) is 29.1. The topological polar surface area (TPSA) is 169 Å². The highest BCUT2D eigenvalue weighted by molar-refractivity contribution is 7.47. The Bertz CT molecular complexity index is 1420. The van der Waals surface area contributed by atoms with Gasteiger partial charge in [0.25, 0.3) is 0 Å². The maximum absolute atomic E-state index is 12.6. The summed E-state index contributed by atoms with van der Waals surface area (Å²) >= 11 is 0. The molecular formula is C48H75O11P. The average molecular weight is 859 g/mol. The van der Waals surface area contributed by atoms with Crippen LogP contribution in [0.15, 0.2) is 122 Å². The number of esters is 2. The summed E-state index contributed by atoms with van der Waals surface area (Å²) in [7, 11) is -4.66. The van der Waals surface area contributed by atoms with E-state index in [0.717, 1.165) is 70.6 Å². The Labute approximate surface area is 360 Å². The third-order valence-corrected chi connectivity index (χ3v) is 9.14. The Hall–Kier alpha value is -3.67. The Morgan fingerprint density at radius 3 is 1.65 bits per heavy atom. The SMILES string of the molecule is CC/C=C\C/C=C\C/C=C\C/C=C\C/C=C\CCCCCC(=O)OC[C@H](COP(=O)(O)OC[C@@H](O)CO)OC(=O)CCC/C=C\C/C=C\C/C=C\C=C\CC(O)/C=C\CC. The first-order valence-corrected chi connectivity index (χ1v) is 23.1. The number of aliphatic hydroxyl groups is 3. The molecule has 2 unspecified atom stereocenters. The monoisotopic (exact) mass is 859 g/mol. The Kier molecular flexibility index (Phi) is 39.5. The van der Waals surface area contributed by atoms with Gasteiger partial charge in [-0.2, -0.15) is 0 Å². The van der Waals surface area contributed by atoms with Crippen molar-refractivity contribution in [2.24, 2.45) is 0 Å². The van der Waals surface area contributed by atoms with Gasteiger partial charge in [-0.15, -0.1) is 0 Å². The molecule has 0 saturated carbocycles. The molecule has 4 N–H and O–H groups in total. The molecule has 4 atom stereocenters. The minimum absolute atomic E-state index is 0.0721. The summed E-state index contributed by atoms with van der Waals surface area (Å²) in [5.41, 5.74) is 0. The van der Waals surface area contributed by atoms with Crippen LogP contribution < -0.4 is 0 Å². The van der Waals surface area contributed by atoms with Gasteiger partial charge in [-0.1, -0.05) is 142 Å². The summed E-state index contributed by atoms with van der Waals surface area (Å²) in [6.45, 7) is 1.88. The van der Waals surface area contributed by atoms with Gasteiger partial charge in [-0.25, -0.2) is 4.57 Å². The Morgan fingerprint density at radius 2 is 1.07 bits per heavy atom. The molecule has 11 nitrogen and oxygen atoms in total. The number of hydrogen-bond acceptors (Lipinski definition) is 10. The number of allylic oxidation sites excluding steroid dienone is 18. The van der Waals surface area contributed by atoms with E-state index >= 15 is 0 Å². The predicted octanol–water partition coefficient (Wildman–Crippen LogP) is 10.5. The van der Waals surface area contributed by atoms with Crippen molar-refractivity contribution in [3.63, 3.8) is 0 Å². The van der Waals surface area contributed by atoms with E-state index in [1.165, 1.54) is 0 Å². The maximum atomic E-state index is 12.6. The van der Waals surface area contributed by atoms with Crippen LogP contribution in [0.5, 0.6) is 0 Å².